The number of carbonyl (C=O) groups is 2. The van der Waals surface area contributed by atoms with Gasteiger partial charge in [-0.25, -0.2) is 0 Å². The number of hydrogen-bond donors (Lipinski definition) is 1. The molecule has 2 aliphatic rings. The second-order valence-corrected chi connectivity index (χ2v) is 9.18. The van der Waals surface area contributed by atoms with Gasteiger partial charge in [-0.05, 0) is 50.5 Å². The van der Waals surface area contributed by atoms with Gasteiger partial charge in [-0.3, -0.25) is 14.3 Å². The largest absolute Gasteiger partial charge is 0.493 e. The van der Waals surface area contributed by atoms with Crippen molar-refractivity contribution < 1.29 is 19.1 Å². The average Bonchev–Trinajstić information content (AvgIpc) is 3.25. The van der Waals surface area contributed by atoms with Crippen LogP contribution in [0, 0.1) is 0 Å². The van der Waals surface area contributed by atoms with E-state index in [-0.39, 0.29) is 17.9 Å². The Morgan fingerprint density at radius 2 is 1.88 bits per heavy atom. The van der Waals surface area contributed by atoms with Gasteiger partial charge in [-0.1, -0.05) is 26.2 Å². The van der Waals surface area contributed by atoms with Crippen LogP contribution in [0.5, 0.6) is 11.5 Å². The van der Waals surface area contributed by atoms with Gasteiger partial charge < -0.3 is 19.7 Å². The number of fused-ring (bicyclic) bond motifs is 1. The summed E-state index contributed by atoms with van der Waals surface area (Å²) < 4.78 is 12.4. The fourth-order valence-electron chi connectivity index (χ4n) is 4.94. The van der Waals surface area contributed by atoms with Gasteiger partial charge in [0.05, 0.1) is 26.5 Å². The summed E-state index contributed by atoms with van der Waals surface area (Å²) in [6.45, 7) is 4.72. The molecule has 1 saturated carbocycles. The molecule has 1 atom stereocenters. The first-order valence-electron chi connectivity index (χ1n) is 11.8. The van der Waals surface area contributed by atoms with Crippen molar-refractivity contribution in [2.24, 2.45) is 0 Å². The van der Waals surface area contributed by atoms with E-state index in [9.17, 15) is 9.59 Å². The fraction of sp³-hybridized carbons (Fsp3) is 0.560. The fourth-order valence-corrected chi connectivity index (χ4v) is 4.94. The van der Waals surface area contributed by atoms with E-state index in [0.29, 0.717) is 36.0 Å². The number of aromatic nitrogens is 2. The number of carbonyl (C=O) groups excluding carboxylic acids is 2. The van der Waals surface area contributed by atoms with E-state index in [1.807, 2.05) is 32.0 Å². The van der Waals surface area contributed by atoms with Crippen LogP contribution in [0.25, 0.3) is 11.3 Å². The Morgan fingerprint density at radius 3 is 2.55 bits per heavy atom. The van der Waals surface area contributed by atoms with E-state index < -0.39 is 5.54 Å². The van der Waals surface area contributed by atoms with Crippen molar-refractivity contribution in [1.29, 1.82) is 0 Å². The third-order valence-corrected chi connectivity index (χ3v) is 6.85. The van der Waals surface area contributed by atoms with E-state index in [1.165, 1.54) is 6.42 Å². The van der Waals surface area contributed by atoms with Crippen molar-refractivity contribution in [3.05, 3.63) is 30.0 Å². The van der Waals surface area contributed by atoms with Gasteiger partial charge in [0.2, 0.25) is 5.91 Å². The lowest BCUT2D eigenvalue weighted by molar-refractivity contribution is -0.134. The van der Waals surface area contributed by atoms with Crippen molar-refractivity contribution in [3.8, 4) is 22.8 Å². The molecule has 8 heteroatoms. The molecule has 1 N–H and O–H groups in total. The number of rotatable bonds is 7. The zero-order valence-electron chi connectivity index (χ0n) is 20.0. The first kappa shape index (κ1) is 23.1. The lowest BCUT2D eigenvalue weighted by Gasteiger charge is -2.44. The Kier molecular flexibility index (Phi) is 6.63. The molecule has 0 bridgehead atoms. The van der Waals surface area contributed by atoms with Crippen LogP contribution in [-0.2, 0) is 11.3 Å². The van der Waals surface area contributed by atoms with Gasteiger partial charge in [0.25, 0.3) is 5.91 Å². The van der Waals surface area contributed by atoms with Crippen LogP contribution in [0.4, 0.5) is 0 Å². The highest BCUT2D eigenvalue weighted by atomic mass is 16.5. The minimum absolute atomic E-state index is 0.0926. The van der Waals surface area contributed by atoms with E-state index >= 15 is 0 Å². The maximum Gasteiger partial charge on any atom is 0.273 e. The Bertz CT molecular complexity index is 1030. The maximum atomic E-state index is 13.5. The van der Waals surface area contributed by atoms with Crippen molar-refractivity contribution in [2.45, 2.75) is 70.5 Å². The summed E-state index contributed by atoms with van der Waals surface area (Å²) in [6, 6.07) is 7.53. The minimum atomic E-state index is -0.988. The third-order valence-electron chi connectivity index (χ3n) is 6.85. The average molecular weight is 455 g/mol. The van der Waals surface area contributed by atoms with Crippen LogP contribution in [0.2, 0.25) is 0 Å². The summed E-state index contributed by atoms with van der Waals surface area (Å²) in [5, 5.41) is 7.95. The molecular formula is C25H34N4O4. The molecule has 33 heavy (non-hydrogen) atoms. The molecule has 0 spiro atoms. The molecule has 1 fully saturated rings. The molecule has 0 saturated heterocycles. The van der Waals surface area contributed by atoms with Crippen molar-refractivity contribution >= 4 is 11.8 Å². The highest BCUT2D eigenvalue weighted by Gasteiger charge is 2.48. The number of nitrogens with one attached hydrogen (secondary N) is 1. The summed E-state index contributed by atoms with van der Waals surface area (Å²) in [5.41, 5.74) is 0.986. The number of nitrogens with zero attached hydrogens (tertiary/aromatic N) is 3. The predicted octanol–water partition coefficient (Wildman–Crippen LogP) is 3.64. The number of amides is 2. The second kappa shape index (κ2) is 9.45. The molecule has 1 aromatic carbocycles. The van der Waals surface area contributed by atoms with E-state index in [0.717, 1.165) is 37.7 Å². The summed E-state index contributed by atoms with van der Waals surface area (Å²) >= 11 is 0. The molecule has 1 aliphatic heterocycles. The first-order chi connectivity index (χ1) is 15.9. The highest BCUT2D eigenvalue weighted by Crippen LogP contribution is 2.34. The smallest absolute Gasteiger partial charge is 0.273 e. The quantitative estimate of drug-likeness (QED) is 0.690. The predicted molar refractivity (Wildman–Crippen MR) is 126 cm³/mol. The molecule has 1 aromatic heterocycles. The van der Waals surface area contributed by atoms with Crippen LogP contribution in [-0.4, -0.2) is 58.8 Å². The minimum Gasteiger partial charge on any atom is -0.493 e. The van der Waals surface area contributed by atoms with Crippen molar-refractivity contribution in [3.63, 3.8) is 0 Å². The molecule has 1 aliphatic carbocycles. The molecule has 4 rings (SSSR count). The second-order valence-electron chi connectivity index (χ2n) is 9.18. The summed E-state index contributed by atoms with van der Waals surface area (Å²) in [7, 11) is 3.18. The molecule has 2 amide bonds. The standard InChI is InChI=1S/C25H34N4O4/c1-5-13-28-23(30)20-15-19(17-11-12-21(32-3)22(14-17)33-4)27-29(20)16-25(28,2)24(31)26-18-9-7-6-8-10-18/h11-12,14-15,18H,5-10,13,16H2,1-4H3,(H,26,31)/t25-/m0/s1. The molecular weight excluding hydrogens is 420 g/mol. The normalized spacial score (nSPS) is 21.0. The zero-order valence-corrected chi connectivity index (χ0v) is 20.0. The molecule has 2 heterocycles. The Hall–Kier alpha value is -3.03. The molecule has 178 valence electrons. The molecule has 8 nitrogen and oxygen atoms in total. The zero-order chi connectivity index (χ0) is 23.6. The monoisotopic (exact) mass is 454 g/mol. The number of methoxy groups -OCH3 is 2. The lowest BCUT2D eigenvalue weighted by atomic mass is 9.91. The highest BCUT2D eigenvalue weighted by molar-refractivity contribution is 6.00. The SMILES string of the molecule is CCCN1C(=O)c2cc(-c3ccc(OC)c(OC)c3)nn2C[C@@]1(C)C(=O)NC1CCCCC1. The van der Waals surface area contributed by atoms with Crippen molar-refractivity contribution in [1.82, 2.24) is 20.0 Å². The summed E-state index contributed by atoms with van der Waals surface area (Å²) in [4.78, 5) is 28.7. The van der Waals surface area contributed by atoms with Crippen LogP contribution in [0.1, 0.15) is 62.9 Å². The van der Waals surface area contributed by atoms with Gasteiger partial charge in [-0.15, -0.1) is 0 Å². The van der Waals surface area contributed by atoms with Crippen molar-refractivity contribution in [2.75, 3.05) is 20.8 Å². The van der Waals surface area contributed by atoms with E-state index in [4.69, 9.17) is 14.6 Å². The summed E-state index contributed by atoms with van der Waals surface area (Å²) in [6.07, 6.45) is 6.27. The Balaban J connectivity index is 1.66. The maximum absolute atomic E-state index is 13.5. The van der Waals surface area contributed by atoms with Gasteiger partial charge in [-0.2, -0.15) is 5.10 Å². The molecule has 2 aromatic rings. The number of hydrogen-bond acceptors (Lipinski definition) is 5. The topological polar surface area (TPSA) is 85.7 Å². The molecule has 0 unspecified atom stereocenters. The lowest BCUT2D eigenvalue weighted by Crippen LogP contribution is -2.65. The van der Waals surface area contributed by atoms with E-state index in [2.05, 4.69) is 5.32 Å². The van der Waals surface area contributed by atoms with E-state index in [1.54, 1.807) is 29.9 Å². The Morgan fingerprint density at radius 1 is 1.15 bits per heavy atom. The Labute approximate surface area is 195 Å². The molecule has 0 radical (unpaired) electrons. The van der Waals surface area contributed by atoms with Crippen LogP contribution in [0.3, 0.4) is 0 Å². The van der Waals surface area contributed by atoms with Gasteiger partial charge >= 0.3 is 0 Å². The van der Waals surface area contributed by atoms with Crippen LogP contribution >= 0.6 is 0 Å². The van der Waals surface area contributed by atoms with Crippen LogP contribution in [0.15, 0.2) is 24.3 Å². The number of ether oxygens (including phenoxy) is 2. The van der Waals surface area contributed by atoms with Gasteiger partial charge in [0.1, 0.15) is 11.2 Å². The summed E-state index contributed by atoms with van der Waals surface area (Å²) in [5.74, 6) is 0.965. The van der Waals surface area contributed by atoms with Gasteiger partial charge in [0.15, 0.2) is 11.5 Å². The first-order valence-corrected chi connectivity index (χ1v) is 11.8. The third kappa shape index (κ3) is 4.30. The number of benzene rings is 1. The van der Waals surface area contributed by atoms with Gasteiger partial charge in [0, 0.05) is 18.2 Å². The van der Waals surface area contributed by atoms with Crippen LogP contribution < -0.4 is 14.8 Å².